The van der Waals surface area contributed by atoms with Crippen molar-refractivity contribution in [2.75, 3.05) is 23.7 Å². The molecule has 0 aliphatic carbocycles. The number of benzene rings is 2. The second-order valence-electron chi connectivity index (χ2n) is 8.80. The minimum atomic E-state index is -3.85. The van der Waals surface area contributed by atoms with E-state index in [1.165, 1.54) is 10.4 Å². The second kappa shape index (κ2) is 8.79. The number of amides is 2. The summed E-state index contributed by atoms with van der Waals surface area (Å²) in [6.07, 6.45) is 0.514. The van der Waals surface area contributed by atoms with Gasteiger partial charge < -0.3 is 15.4 Å². The second-order valence-corrected chi connectivity index (χ2v) is 10.7. The quantitative estimate of drug-likeness (QED) is 0.711. The Bertz CT molecular complexity index is 1220. The number of sulfonamides is 1. The highest BCUT2D eigenvalue weighted by molar-refractivity contribution is 7.89. The average Bonchev–Trinajstić information content (AvgIpc) is 2.77. The molecule has 33 heavy (non-hydrogen) atoms. The summed E-state index contributed by atoms with van der Waals surface area (Å²) >= 11 is 0. The van der Waals surface area contributed by atoms with Gasteiger partial charge in [-0.3, -0.25) is 9.59 Å². The number of anilines is 2. The first kappa shape index (κ1) is 23.3. The molecule has 2 aromatic rings. The molecule has 2 N–H and O–H groups in total. The Morgan fingerprint density at radius 3 is 2.70 bits per heavy atom. The van der Waals surface area contributed by atoms with Crippen LogP contribution >= 0.6 is 0 Å². The largest absolute Gasteiger partial charge is 0.479 e. The fourth-order valence-electron chi connectivity index (χ4n) is 4.26. The van der Waals surface area contributed by atoms with E-state index in [2.05, 4.69) is 10.6 Å². The van der Waals surface area contributed by atoms with E-state index in [0.29, 0.717) is 36.4 Å². The highest BCUT2D eigenvalue weighted by atomic mass is 32.2. The van der Waals surface area contributed by atoms with Crippen LogP contribution in [0.3, 0.4) is 0 Å². The Morgan fingerprint density at radius 1 is 1.18 bits per heavy atom. The molecule has 0 aromatic heterocycles. The van der Waals surface area contributed by atoms with E-state index in [1.54, 1.807) is 19.9 Å². The van der Waals surface area contributed by atoms with Crippen molar-refractivity contribution in [3.8, 4) is 5.75 Å². The molecule has 2 amide bonds. The number of nitrogens with zero attached hydrogens (tertiary/aromatic N) is 1. The van der Waals surface area contributed by atoms with Crippen molar-refractivity contribution in [3.05, 3.63) is 47.0 Å². The summed E-state index contributed by atoms with van der Waals surface area (Å²) in [5, 5.41) is 5.71. The van der Waals surface area contributed by atoms with Crippen molar-refractivity contribution in [3.63, 3.8) is 0 Å². The third-order valence-corrected chi connectivity index (χ3v) is 8.45. The molecule has 0 spiro atoms. The summed E-state index contributed by atoms with van der Waals surface area (Å²) in [7, 11) is -3.85. The maximum absolute atomic E-state index is 13.5. The average molecular weight is 472 g/mol. The van der Waals surface area contributed by atoms with Crippen LogP contribution in [0.2, 0.25) is 0 Å². The molecule has 2 atom stereocenters. The SMILES string of the molecule is Cc1cc2c(cc1S(=O)(=O)N1CCC[C@H](C(=O)Nc3cccc(C)c3C)C1)O[C@@H](C)C(=O)N2. The van der Waals surface area contributed by atoms with Gasteiger partial charge in [0.1, 0.15) is 5.75 Å². The molecule has 0 bridgehead atoms. The van der Waals surface area contributed by atoms with Crippen molar-refractivity contribution in [1.82, 2.24) is 4.31 Å². The van der Waals surface area contributed by atoms with Gasteiger partial charge in [0.2, 0.25) is 15.9 Å². The number of aryl methyl sites for hydroxylation is 2. The van der Waals surface area contributed by atoms with Gasteiger partial charge in [-0.2, -0.15) is 4.31 Å². The number of carbonyl (C=O) groups is 2. The highest BCUT2D eigenvalue weighted by Crippen LogP contribution is 2.36. The molecule has 4 rings (SSSR count). The molecule has 0 saturated carbocycles. The van der Waals surface area contributed by atoms with E-state index >= 15 is 0 Å². The summed E-state index contributed by atoms with van der Waals surface area (Å²) < 4.78 is 34.0. The van der Waals surface area contributed by atoms with Gasteiger partial charge in [-0.25, -0.2) is 8.42 Å². The van der Waals surface area contributed by atoms with E-state index in [9.17, 15) is 18.0 Å². The predicted octanol–water partition coefficient (Wildman–Crippen LogP) is 3.37. The normalized spacial score (nSPS) is 21.0. The summed E-state index contributed by atoms with van der Waals surface area (Å²) in [6.45, 7) is 7.69. The minimum Gasteiger partial charge on any atom is -0.479 e. The lowest BCUT2D eigenvalue weighted by atomic mass is 9.98. The fraction of sp³-hybridized carbons (Fsp3) is 0.417. The zero-order chi connectivity index (χ0) is 23.9. The Morgan fingerprint density at radius 2 is 1.94 bits per heavy atom. The lowest BCUT2D eigenvalue weighted by Gasteiger charge is -2.32. The van der Waals surface area contributed by atoms with Gasteiger partial charge >= 0.3 is 0 Å². The lowest BCUT2D eigenvalue weighted by molar-refractivity contribution is -0.123. The number of fused-ring (bicyclic) bond motifs is 1. The number of carbonyl (C=O) groups excluding carboxylic acids is 2. The number of ether oxygens (including phenoxy) is 1. The summed E-state index contributed by atoms with van der Waals surface area (Å²) in [4.78, 5) is 25.0. The Balaban J connectivity index is 1.55. The zero-order valence-corrected chi connectivity index (χ0v) is 20.1. The molecule has 9 heteroatoms. The van der Waals surface area contributed by atoms with E-state index in [-0.39, 0.29) is 23.3 Å². The van der Waals surface area contributed by atoms with Gasteiger partial charge in [0.15, 0.2) is 6.10 Å². The Kier molecular flexibility index (Phi) is 6.20. The van der Waals surface area contributed by atoms with Crippen molar-refractivity contribution in [2.45, 2.75) is 51.5 Å². The first-order valence-corrected chi connectivity index (χ1v) is 12.5. The standard InChI is InChI=1S/C24H29N3O5S/c1-14-7-5-9-19(16(14)3)25-24(29)18-8-6-10-27(13-18)33(30,31)22-12-21-20(11-15(22)2)26-23(28)17(4)32-21/h5,7,9,11-12,17-18H,6,8,10,13H2,1-4H3,(H,25,29)(H,26,28)/t17-,18-/m0/s1. The molecule has 2 aliphatic heterocycles. The van der Waals surface area contributed by atoms with Crippen LogP contribution in [0.5, 0.6) is 5.75 Å². The number of hydrogen-bond acceptors (Lipinski definition) is 5. The molecule has 2 heterocycles. The van der Waals surface area contributed by atoms with Crippen LogP contribution in [0.4, 0.5) is 11.4 Å². The predicted molar refractivity (Wildman–Crippen MR) is 126 cm³/mol. The van der Waals surface area contributed by atoms with Crippen molar-refractivity contribution >= 4 is 33.2 Å². The van der Waals surface area contributed by atoms with Crippen molar-refractivity contribution in [1.29, 1.82) is 0 Å². The number of nitrogens with one attached hydrogen (secondary N) is 2. The number of piperidine rings is 1. The van der Waals surface area contributed by atoms with Crippen LogP contribution in [0.15, 0.2) is 35.2 Å². The third-order valence-electron chi connectivity index (χ3n) is 6.44. The van der Waals surface area contributed by atoms with Gasteiger partial charge in [-0.15, -0.1) is 0 Å². The maximum Gasteiger partial charge on any atom is 0.265 e. The van der Waals surface area contributed by atoms with E-state index < -0.39 is 22.0 Å². The van der Waals surface area contributed by atoms with E-state index in [0.717, 1.165) is 16.8 Å². The topological polar surface area (TPSA) is 105 Å². The fourth-order valence-corrected chi connectivity index (χ4v) is 6.00. The smallest absolute Gasteiger partial charge is 0.265 e. The van der Waals surface area contributed by atoms with Crippen molar-refractivity contribution in [2.24, 2.45) is 5.92 Å². The summed E-state index contributed by atoms with van der Waals surface area (Å²) in [5.41, 5.74) is 3.79. The van der Waals surface area contributed by atoms with Gasteiger partial charge in [0.25, 0.3) is 5.91 Å². The van der Waals surface area contributed by atoms with E-state index in [4.69, 9.17) is 4.74 Å². The maximum atomic E-state index is 13.5. The molecule has 176 valence electrons. The van der Waals surface area contributed by atoms with Crippen LogP contribution in [-0.2, 0) is 19.6 Å². The first-order valence-electron chi connectivity index (χ1n) is 11.1. The van der Waals surface area contributed by atoms with Crippen LogP contribution in [-0.4, -0.2) is 43.7 Å². The molecular formula is C24H29N3O5S. The van der Waals surface area contributed by atoms with Gasteiger partial charge in [0, 0.05) is 24.8 Å². The molecule has 0 unspecified atom stereocenters. The molecule has 1 fully saturated rings. The third kappa shape index (κ3) is 4.47. The summed E-state index contributed by atoms with van der Waals surface area (Å²) in [6, 6.07) is 8.81. The molecule has 8 nitrogen and oxygen atoms in total. The highest BCUT2D eigenvalue weighted by Gasteiger charge is 2.35. The van der Waals surface area contributed by atoms with E-state index in [1.807, 2.05) is 32.0 Å². The van der Waals surface area contributed by atoms with Crippen LogP contribution in [0.1, 0.15) is 36.5 Å². The van der Waals surface area contributed by atoms with Gasteiger partial charge in [-0.05, 0) is 69.4 Å². The Labute approximate surface area is 194 Å². The Hall–Kier alpha value is -2.91. The zero-order valence-electron chi connectivity index (χ0n) is 19.3. The molecule has 2 aromatic carbocycles. The van der Waals surface area contributed by atoms with Gasteiger partial charge in [0.05, 0.1) is 16.5 Å². The van der Waals surface area contributed by atoms with Crippen LogP contribution in [0.25, 0.3) is 0 Å². The van der Waals surface area contributed by atoms with Crippen LogP contribution in [0, 0.1) is 26.7 Å². The molecule has 2 aliphatic rings. The number of hydrogen-bond donors (Lipinski definition) is 2. The lowest BCUT2D eigenvalue weighted by Crippen LogP contribution is -2.44. The molecule has 0 radical (unpaired) electrons. The molecular weight excluding hydrogens is 442 g/mol. The summed E-state index contributed by atoms with van der Waals surface area (Å²) in [5.74, 6) is -0.564. The van der Waals surface area contributed by atoms with Gasteiger partial charge in [-0.1, -0.05) is 12.1 Å². The minimum absolute atomic E-state index is 0.115. The number of rotatable bonds is 4. The van der Waals surface area contributed by atoms with Crippen LogP contribution < -0.4 is 15.4 Å². The monoisotopic (exact) mass is 471 g/mol. The molecule has 1 saturated heterocycles. The van der Waals surface area contributed by atoms with Crippen molar-refractivity contribution < 1.29 is 22.7 Å². The first-order chi connectivity index (χ1) is 15.6.